The molecule has 0 amide bonds. The van der Waals surface area contributed by atoms with Gasteiger partial charge in [-0.2, -0.15) is 0 Å². The Balaban J connectivity index is 2.02. The lowest BCUT2D eigenvalue weighted by molar-refractivity contribution is -0.0802. The number of aromatic carboxylic acids is 1. The number of halogens is 2. The molecule has 2 rings (SSSR count). The first kappa shape index (κ1) is 15.2. The van der Waals surface area contributed by atoms with Crippen molar-refractivity contribution in [2.75, 3.05) is 11.9 Å². The van der Waals surface area contributed by atoms with Crippen molar-refractivity contribution in [2.45, 2.75) is 45.0 Å². The fourth-order valence-electron chi connectivity index (χ4n) is 2.46. The number of carboxylic acids is 1. The Morgan fingerprint density at radius 3 is 2.85 bits per heavy atom. The molecule has 0 saturated heterocycles. The molecule has 1 aliphatic carbocycles. The number of carboxylic acid groups (broad SMARTS) is 1. The van der Waals surface area contributed by atoms with Crippen LogP contribution in [-0.2, 0) is 6.42 Å². The van der Waals surface area contributed by atoms with Crippen molar-refractivity contribution < 1.29 is 18.7 Å². The summed E-state index contributed by atoms with van der Waals surface area (Å²) in [5, 5.41) is 12.3. The van der Waals surface area contributed by atoms with E-state index in [4.69, 9.17) is 5.11 Å². The van der Waals surface area contributed by atoms with Gasteiger partial charge in [-0.1, -0.05) is 24.7 Å². The Morgan fingerprint density at radius 1 is 1.55 bits per heavy atom. The van der Waals surface area contributed by atoms with Crippen molar-refractivity contribution in [3.8, 4) is 0 Å². The molecule has 0 aliphatic heterocycles. The monoisotopic (exact) mass is 304 g/mol. The minimum Gasteiger partial charge on any atom is -0.477 e. The molecule has 0 spiro atoms. The average molecular weight is 304 g/mol. The third kappa shape index (κ3) is 3.26. The van der Waals surface area contributed by atoms with Crippen LogP contribution in [0.4, 0.5) is 13.9 Å². The van der Waals surface area contributed by atoms with Gasteiger partial charge < -0.3 is 10.4 Å². The molecule has 112 valence electrons. The van der Waals surface area contributed by atoms with Crippen LogP contribution in [0.5, 0.6) is 0 Å². The van der Waals surface area contributed by atoms with E-state index in [-0.39, 0.29) is 17.8 Å². The van der Waals surface area contributed by atoms with Crippen molar-refractivity contribution in [1.29, 1.82) is 0 Å². The lowest BCUT2D eigenvalue weighted by atomic mass is 9.85. The first-order valence-corrected chi connectivity index (χ1v) is 7.60. The molecule has 1 aromatic rings. The van der Waals surface area contributed by atoms with Crippen molar-refractivity contribution in [1.82, 2.24) is 4.98 Å². The molecule has 0 radical (unpaired) electrons. The van der Waals surface area contributed by atoms with Gasteiger partial charge in [-0.15, -0.1) is 0 Å². The highest BCUT2D eigenvalue weighted by molar-refractivity contribution is 7.17. The summed E-state index contributed by atoms with van der Waals surface area (Å²) < 4.78 is 27.4. The average Bonchev–Trinajstić information content (AvgIpc) is 2.80. The Kier molecular flexibility index (Phi) is 4.57. The van der Waals surface area contributed by atoms with Crippen LogP contribution in [0.3, 0.4) is 0 Å². The molecule has 0 bridgehead atoms. The fraction of sp³-hybridized carbons (Fsp3) is 0.692. The zero-order chi connectivity index (χ0) is 14.8. The SMILES string of the molecule is CCc1nc(NCC2CCCCC2(F)F)sc1C(=O)O. The van der Waals surface area contributed by atoms with Gasteiger partial charge in [0, 0.05) is 18.9 Å². The van der Waals surface area contributed by atoms with Gasteiger partial charge in [-0.3, -0.25) is 0 Å². The maximum absolute atomic E-state index is 13.7. The molecule has 2 N–H and O–H groups in total. The minimum absolute atomic E-state index is 0.0577. The van der Waals surface area contributed by atoms with Crippen LogP contribution in [0.2, 0.25) is 0 Å². The van der Waals surface area contributed by atoms with Gasteiger partial charge in [0.15, 0.2) is 5.13 Å². The van der Waals surface area contributed by atoms with Gasteiger partial charge in [0.05, 0.1) is 5.69 Å². The number of nitrogens with one attached hydrogen (secondary N) is 1. The van der Waals surface area contributed by atoms with E-state index in [0.29, 0.717) is 30.1 Å². The highest BCUT2D eigenvalue weighted by Crippen LogP contribution is 2.38. The third-order valence-electron chi connectivity index (χ3n) is 3.64. The zero-order valence-electron chi connectivity index (χ0n) is 11.3. The van der Waals surface area contributed by atoms with Crippen LogP contribution >= 0.6 is 11.3 Å². The highest BCUT2D eigenvalue weighted by Gasteiger charge is 2.41. The molecule has 7 heteroatoms. The summed E-state index contributed by atoms with van der Waals surface area (Å²) in [7, 11) is 0. The minimum atomic E-state index is -2.63. The predicted octanol–water partition coefficient (Wildman–Crippen LogP) is 3.64. The van der Waals surface area contributed by atoms with Crippen molar-refractivity contribution >= 4 is 22.4 Å². The number of hydrogen-bond donors (Lipinski definition) is 2. The quantitative estimate of drug-likeness (QED) is 0.872. The summed E-state index contributed by atoms with van der Waals surface area (Å²) in [4.78, 5) is 15.4. The van der Waals surface area contributed by atoms with Crippen molar-refractivity contribution in [3.63, 3.8) is 0 Å². The molecule has 1 atom stereocenters. The standard InChI is InChI=1S/C13H18F2N2O2S/c1-2-9-10(11(18)19)20-12(17-9)16-7-8-5-3-4-6-13(8,14)15/h8H,2-7H2,1H3,(H,16,17)(H,18,19). The van der Waals surface area contributed by atoms with Gasteiger partial charge in [-0.05, 0) is 19.3 Å². The maximum Gasteiger partial charge on any atom is 0.347 e. The van der Waals surface area contributed by atoms with E-state index >= 15 is 0 Å². The van der Waals surface area contributed by atoms with Gasteiger partial charge in [-0.25, -0.2) is 18.6 Å². The number of anilines is 1. The molecule has 1 fully saturated rings. The van der Waals surface area contributed by atoms with Crippen LogP contribution in [0.1, 0.15) is 48.0 Å². The van der Waals surface area contributed by atoms with E-state index in [1.165, 1.54) is 0 Å². The number of nitrogens with zero attached hydrogens (tertiary/aromatic N) is 1. The molecule has 1 heterocycles. The third-order valence-corrected chi connectivity index (χ3v) is 4.68. The predicted molar refractivity (Wildman–Crippen MR) is 73.8 cm³/mol. The zero-order valence-corrected chi connectivity index (χ0v) is 12.1. The van der Waals surface area contributed by atoms with Gasteiger partial charge in [0.1, 0.15) is 4.88 Å². The second kappa shape index (κ2) is 6.03. The molecule has 1 unspecified atom stereocenters. The fourth-order valence-corrected chi connectivity index (χ4v) is 3.36. The molecular weight excluding hydrogens is 286 g/mol. The van der Waals surface area contributed by atoms with E-state index in [9.17, 15) is 13.6 Å². The largest absolute Gasteiger partial charge is 0.477 e. The van der Waals surface area contributed by atoms with Crippen LogP contribution in [0, 0.1) is 5.92 Å². The summed E-state index contributed by atoms with van der Waals surface area (Å²) in [6, 6.07) is 0. The number of alkyl halides is 2. The molecule has 0 aromatic carbocycles. The second-order valence-corrected chi connectivity index (χ2v) is 6.04. The van der Waals surface area contributed by atoms with E-state index in [1.54, 1.807) is 0 Å². The number of thiazole rings is 1. The topological polar surface area (TPSA) is 62.2 Å². The molecule has 20 heavy (non-hydrogen) atoms. The van der Waals surface area contributed by atoms with E-state index in [2.05, 4.69) is 10.3 Å². The molecule has 1 aliphatic rings. The Labute approximate surface area is 120 Å². The number of hydrogen-bond acceptors (Lipinski definition) is 4. The number of aromatic nitrogens is 1. The van der Waals surface area contributed by atoms with E-state index in [0.717, 1.165) is 17.8 Å². The second-order valence-electron chi connectivity index (χ2n) is 5.04. The lowest BCUT2D eigenvalue weighted by Crippen LogP contribution is -2.36. The van der Waals surface area contributed by atoms with Crippen LogP contribution in [-0.4, -0.2) is 28.5 Å². The Morgan fingerprint density at radius 2 is 2.30 bits per heavy atom. The van der Waals surface area contributed by atoms with Crippen LogP contribution in [0.25, 0.3) is 0 Å². The first-order valence-electron chi connectivity index (χ1n) is 6.78. The van der Waals surface area contributed by atoms with E-state index in [1.807, 2.05) is 6.92 Å². The van der Waals surface area contributed by atoms with Crippen molar-refractivity contribution in [3.05, 3.63) is 10.6 Å². The Hall–Kier alpha value is -1.24. The first-order chi connectivity index (χ1) is 9.44. The number of rotatable bonds is 5. The Bertz CT molecular complexity index is 491. The van der Waals surface area contributed by atoms with E-state index < -0.39 is 17.8 Å². The van der Waals surface area contributed by atoms with Gasteiger partial charge in [0.2, 0.25) is 0 Å². The maximum atomic E-state index is 13.7. The van der Waals surface area contributed by atoms with Crippen molar-refractivity contribution in [2.24, 2.45) is 5.92 Å². The molecule has 4 nitrogen and oxygen atoms in total. The lowest BCUT2D eigenvalue weighted by Gasteiger charge is -2.31. The summed E-state index contributed by atoms with van der Waals surface area (Å²) in [6.45, 7) is 1.96. The normalized spacial score (nSPS) is 21.6. The number of aryl methyl sites for hydroxylation is 1. The summed E-state index contributed by atoms with van der Waals surface area (Å²) in [5.41, 5.74) is 0.500. The molecular formula is C13H18F2N2O2S. The summed E-state index contributed by atoms with van der Waals surface area (Å²) in [6.07, 6.45) is 2.35. The summed E-state index contributed by atoms with van der Waals surface area (Å²) in [5.74, 6) is -4.35. The summed E-state index contributed by atoms with van der Waals surface area (Å²) >= 11 is 1.01. The van der Waals surface area contributed by atoms with Gasteiger partial charge in [0.25, 0.3) is 5.92 Å². The number of carbonyl (C=O) groups is 1. The van der Waals surface area contributed by atoms with Gasteiger partial charge >= 0.3 is 5.97 Å². The molecule has 1 saturated carbocycles. The smallest absolute Gasteiger partial charge is 0.347 e. The van der Waals surface area contributed by atoms with Crippen LogP contribution in [0.15, 0.2) is 0 Å². The molecule has 1 aromatic heterocycles. The highest BCUT2D eigenvalue weighted by atomic mass is 32.1. The van der Waals surface area contributed by atoms with Crippen LogP contribution < -0.4 is 5.32 Å².